The molecule has 0 saturated heterocycles. The lowest BCUT2D eigenvalue weighted by Gasteiger charge is -2.12. The molecular formula is C27H22N2O. The molecule has 0 bridgehead atoms. The SMILES string of the molecule is C(=C(Nc1ccc2ccccc2c1)c1ccccc1)C1=NC(c2ccccc2)CO1. The van der Waals surface area contributed by atoms with Crippen LogP contribution in [0.2, 0.25) is 0 Å². The van der Waals surface area contributed by atoms with E-state index in [1.165, 1.54) is 16.3 Å². The topological polar surface area (TPSA) is 33.6 Å². The van der Waals surface area contributed by atoms with Crippen molar-refractivity contribution in [3.05, 3.63) is 120 Å². The molecule has 0 aliphatic carbocycles. The highest BCUT2D eigenvalue weighted by Gasteiger charge is 2.19. The molecule has 0 amide bonds. The van der Waals surface area contributed by atoms with Gasteiger partial charge >= 0.3 is 0 Å². The van der Waals surface area contributed by atoms with E-state index in [1.54, 1.807) is 0 Å². The van der Waals surface area contributed by atoms with Crippen LogP contribution in [0.4, 0.5) is 5.69 Å². The van der Waals surface area contributed by atoms with Gasteiger partial charge < -0.3 is 10.1 Å². The third kappa shape index (κ3) is 3.96. The Kier molecular flexibility index (Phi) is 5.01. The molecule has 1 N–H and O–H groups in total. The molecule has 3 heteroatoms. The Balaban J connectivity index is 1.48. The van der Waals surface area contributed by atoms with Gasteiger partial charge in [0.25, 0.3) is 0 Å². The van der Waals surface area contributed by atoms with E-state index in [1.807, 2.05) is 42.5 Å². The van der Waals surface area contributed by atoms with Crippen molar-refractivity contribution in [3.8, 4) is 0 Å². The minimum absolute atomic E-state index is 0.0372. The second-order valence-corrected chi connectivity index (χ2v) is 7.32. The smallest absolute Gasteiger partial charge is 0.211 e. The number of nitrogens with zero attached hydrogens (tertiary/aromatic N) is 1. The average Bonchev–Trinajstić information content (AvgIpc) is 3.28. The number of benzene rings is 4. The Bertz CT molecular complexity index is 1210. The van der Waals surface area contributed by atoms with Crippen molar-refractivity contribution in [3.63, 3.8) is 0 Å². The monoisotopic (exact) mass is 390 g/mol. The zero-order valence-corrected chi connectivity index (χ0v) is 16.5. The third-order valence-electron chi connectivity index (χ3n) is 5.24. The molecule has 1 aliphatic heterocycles. The van der Waals surface area contributed by atoms with Crippen molar-refractivity contribution in [1.29, 1.82) is 0 Å². The average molecular weight is 390 g/mol. The lowest BCUT2D eigenvalue weighted by molar-refractivity contribution is 0.321. The van der Waals surface area contributed by atoms with E-state index in [4.69, 9.17) is 9.73 Å². The minimum Gasteiger partial charge on any atom is -0.475 e. The minimum atomic E-state index is 0.0372. The van der Waals surface area contributed by atoms with Crippen LogP contribution in [0.1, 0.15) is 17.2 Å². The van der Waals surface area contributed by atoms with Crippen molar-refractivity contribution >= 4 is 28.1 Å². The standard InChI is InChI=1S/C27H22N2O/c1-3-10-21(11-4-1)25(28-24-16-15-20-9-7-8-14-23(20)17-24)18-27-29-26(19-30-27)22-12-5-2-6-13-22/h1-18,26,28H,19H2. The molecule has 1 heterocycles. The molecule has 1 unspecified atom stereocenters. The van der Waals surface area contributed by atoms with Gasteiger partial charge in [-0.3, -0.25) is 0 Å². The maximum absolute atomic E-state index is 5.91. The normalized spacial score (nSPS) is 16.2. The molecule has 0 radical (unpaired) electrons. The fraction of sp³-hybridized carbons (Fsp3) is 0.0741. The Morgan fingerprint density at radius 1 is 0.800 bits per heavy atom. The highest BCUT2D eigenvalue weighted by Crippen LogP contribution is 2.26. The Hall–Kier alpha value is -3.85. The molecule has 0 fully saturated rings. The van der Waals surface area contributed by atoms with Gasteiger partial charge in [-0.25, -0.2) is 4.99 Å². The first-order chi connectivity index (χ1) is 14.8. The first kappa shape index (κ1) is 18.2. The van der Waals surface area contributed by atoms with Crippen LogP contribution in [-0.2, 0) is 4.74 Å². The first-order valence-corrected chi connectivity index (χ1v) is 10.1. The number of anilines is 1. The predicted octanol–water partition coefficient (Wildman–Crippen LogP) is 6.46. The molecule has 0 aromatic heterocycles. The van der Waals surface area contributed by atoms with Gasteiger partial charge in [0.05, 0.1) is 5.70 Å². The van der Waals surface area contributed by atoms with E-state index >= 15 is 0 Å². The summed E-state index contributed by atoms with van der Waals surface area (Å²) in [5.41, 5.74) is 4.24. The van der Waals surface area contributed by atoms with E-state index in [2.05, 4.69) is 72.0 Å². The summed E-state index contributed by atoms with van der Waals surface area (Å²) in [6.45, 7) is 0.563. The van der Waals surface area contributed by atoms with Crippen molar-refractivity contribution in [1.82, 2.24) is 0 Å². The zero-order valence-electron chi connectivity index (χ0n) is 16.5. The zero-order chi connectivity index (χ0) is 20.2. The van der Waals surface area contributed by atoms with Gasteiger partial charge in [0.2, 0.25) is 5.90 Å². The van der Waals surface area contributed by atoms with Crippen LogP contribution < -0.4 is 5.32 Å². The number of hydrogen-bond acceptors (Lipinski definition) is 3. The number of rotatable bonds is 5. The van der Waals surface area contributed by atoms with Gasteiger partial charge in [-0.05, 0) is 34.0 Å². The molecule has 3 nitrogen and oxygen atoms in total. The molecule has 146 valence electrons. The quantitative estimate of drug-likeness (QED) is 0.424. The highest BCUT2D eigenvalue weighted by molar-refractivity contribution is 5.99. The van der Waals surface area contributed by atoms with E-state index in [9.17, 15) is 0 Å². The lowest BCUT2D eigenvalue weighted by Crippen LogP contribution is -2.03. The van der Waals surface area contributed by atoms with Crippen LogP contribution in [0.3, 0.4) is 0 Å². The van der Waals surface area contributed by atoms with Crippen LogP contribution in [0.25, 0.3) is 16.5 Å². The predicted molar refractivity (Wildman–Crippen MR) is 125 cm³/mol. The summed E-state index contributed by atoms with van der Waals surface area (Å²) in [5.74, 6) is 0.649. The second-order valence-electron chi connectivity index (χ2n) is 7.32. The van der Waals surface area contributed by atoms with E-state index in [0.29, 0.717) is 12.5 Å². The van der Waals surface area contributed by atoms with E-state index in [0.717, 1.165) is 16.9 Å². The lowest BCUT2D eigenvalue weighted by atomic mass is 10.1. The molecule has 5 rings (SSSR count). The van der Waals surface area contributed by atoms with Crippen molar-refractivity contribution in [2.45, 2.75) is 6.04 Å². The Morgan fingerprint density at radius 2 is 1.50 bits per heavy atom. The number of ether oxygens (including phenoxy) is 1. The number of aliphatic imine (C=N–C) groups is 1. The molecule has 0 saturated carbocycles. The summed E-state index contributed by atoms with van der Waals surface area (Å²) in [6.07, 6.45) is 1.99. The molecule has 0 spiro atoms. The van der Waals surface area contributed by atoms with Crippen LogP contribution in [0.15, 0.2) is 114 Å². The molecule has 1 aliphatic rings. The van der Waals surface area contributed by atoms with E-state index in [-0.39, 0.29) is 6.04 Å². The molecule has 1 atom stereocenters. The summed E-state index contributed by atoms with van der Waals surface area (Å²) < 4.78 is 5.91. The van der Waals surface area contributed by atoms with Gasteiger partial charge in [0, 0.05) is 11.8 Å². The van der Waals surface area contributed by atoms with Crippen molar-refractivity contribution in [2.75, 3.05) is 11.9 Å². The Morgan fingerprint density at radius 3 is 2.30 bits per heavy atom. The van der Waals surface area contributed by atoms with Gasteiger partial charge in [-0.2, -0.15) is 0 Å². The maximum Gasteiger partial charge on any atom is 0.211 e. The summed E-state index contributed by atoms with van der Waals surface area (Å²) in [6, 6.07) is 35.4. The van der Waals surface area contributed by atoms with Crippen LogP contribution >= 0.6 is 0 Å². The second kappa shape index (κ2) is 8.26. The van der Waals surface area contributed by atoms with Gasteiger partial charge in [-0.1, -0.05) is 91.0 Å². The largest absolute Gasteiger partial charge is 0.475 e. The van der Waals surface area contributed by atoms with Crippen LogP contribution in [-0.4, -0.2) is 12.5 Å². The summed E-state index contributed by atoms with van der Waals surface area (Å²) in [5, 5.41) is 6.00. The van der Waals surface area contributed by atoms with Crippen LogP contribution in [0.5, 0.6) is 0 Å². The molecule has 4 aromatic rings. The van der Waals surface area contributed by atoms with Gasteiger partial charge in [0.15, 0.2) is 0 Å². The molecule has 30 heavy (non-hydrogen) atoms. The fourth-order valence-electron chi connectivity index (χ4n) is 3.67. The van der Waals surface area contributed by atoms with Crippen molar-refractivity contribution < 1.29 is 4.74 Å². The Labute approximate surface area is 176 Å². The van der Waals surface area contributed by atoms with Crippen LogP contribution in [0, 0.1) is 0 Å². The molecule has 4 aromatic carbocycles. The maximum atomic E-state index is 5.91. The fourth-order valence-corrected chi connectivity index (χ4v) is 3.67. The first-order valence-electron chi connectivity index (χ1n) is 10.1. The summed E-state index contributed by atoms with van der Waals surface area (Å²) in [7, 11) is 0. The van der Waals surface area contributed by atoms with Gasteiger partial charge in [0.1, 0.15) is 12.6 Å². The summed E-state index contributed by atoms with van der Waals surface area (Å²) >= 11 is 0. The third-order valence-corrected chi connectivity index (χ3v) is 5.24. The highest BCUT2D eigenvalue weighted by atomic mass is 16.5. The van der Waals surface area contributed by atoms with E-state index < -0.39 is 0 Å². The number of hydrogen-bond donors (Lipinski definition) is 1. The number of nitrogens with one attached hydrogen (secondary N) is 1. The molecular weight excluding hydrogens is 368 g/mol. The number of fused-ring (bicyclic) bond motifs is 1. The van der Waals surface area contributed by atoms with Crippen molar-refractivity contribution in [2.24, 2.45) is 4.99 Å². The summed E-state index contributed by atoms with van der Waals surface area (Å²) in [4.78, 5) is 4.79. The van der Waals surface area contributed by atoms with Gasteiger partial charge in [-0.15, -0.1) is 0 Å².